The van der Waals surface area contributed by atoms with Gasteiger partial charge in [-0.1, -0.05) is 101 Å². The van der Waals surface area contributed by atoms with Gasteiger partial charge in [0.2, 0.25) is 22.9 Å². The standard InChI is InChI=1S/C25H21N5O9.C23H19N5O8.2C9H12N6O5.C4H6O3.CH4.2ClH/c1-15(31)37-20-19(38-23(34)17-10-6-3-7-11-17)21(30-13-12-18(32)27-24(30)35)39-25(20,28-29-26)14-36-22(33)16-8-4-2-5-9-16;24-27-26-23(13-34-20(31)14-7-3-1-4-8-14)18(30)17(35-21(32)15-9-5-2-6-10-15)19(36-23)28-12-11-16(29)25-22(28)33;2*10-4-1-2-15(8(19)12-4)7-5(17)6(18)9(3-16,20-7)13-14-11;1-3(5)7-4(2)6;;;/h2-13,19-21H,14H2,1H3,(H,27,32,35);1-12,17-19,30H,13H2,(H,25,29,33);2*1-2,5-7,16-18H,3H2,(H2,10,12,19);1-2H3;1H4;2*1H/t19-,20+,21?,25-;17-,18+,19?,23-;2*5-,6+,7?,9-;;;;/m1111..../s1. The summed E-state index contributed by atoms with van der Waals surface area (Å²) in [5.41, 5.74) is 33.1. The molecule has 54 heteroatoms. The zero-order chi connectivity index (χ0) is 89.4. The molecule has 12 rings (SSSR count). The molecule has 4 aromatic carbocycles. The number of hydrogen-bond donors (Lipinski definition) is 11. The third kappa shape index (κ3) is 24.4. The summed E-state index contributed by atoms with van der Waals surface area (Å²) in [7, 11) is 0. The summed E-state index contributed by atoms with van der Waals surface area (Å²) in [5, 5.41) is 82.6. The van der Waals surface area contributed by atoms with Crippen molar-refractivity contribution in [2.24, 2.45) is 20.5 Å². The normalized spacial score (nSPS) is 24.3. The van der Waals surface area contributed by atoms with E-state index in [2.05, 4.69) is 54.8 Å². The average molecular weight is 1790 g/mol. The molecule has 4 aromatic heterocycles. The molecule has 0 amide bonds. The predicted molar refractivity (Wildman–Crippen MR) is 425 cm³/mol. The van der Waals surface area contributed by atoms with Crippen LogP contribution in [0.25, 0.3) is 41.8 Å². The molecular formula is C71H76Cl2N22O30. The molecule has 8 heterocycles. The van der Waals surface area contributed by atoms with E-state index in [1.807, 2.05) is 9.97 Å². The number of aromatic nitrogens is 8. The molecule has 0 bridgehead atoms. The number of azide groups is 4. The van der Waals surface area contributed by atoms with Crippen molar-refractivity contribution >= 4 is 78.2 Å². The smallest absolute Gasteiger partial charge is 0.351 e. The van der Waals surface area contributed by atoms with Crippen molar-refractivity contribution < 1.29 is 117 Å². The molecule has 0 aliphatic carbocycles. The molecule has 13 N–H and O–H groups in total. The number of benzene rings is 4. The van der Waals surface area contributed by atoms with E-state index in [1.165, 1.54) is 86.9 Å². The molecule has 4 fully saturated rings. The fourth-order valence-corrected chi connectivity index (χ4v) is 11.6. The number of carbonyl (C=O) groups excluding carboxylic acids is 7. The Bertz CT molecular complexity index is 5600. The van der Waals surface area contributed by atoms with Crippen LogP contribution in [0.1, 0.15) is 94.5 Å². The number of halogens is 2. The Morgan fingerprint density at radius 2 is 0.744 bits per heavy atom. The van der Waals surface area contributed by atoms with Crippen molar-refractivity contribution in [3.05, 3.63) is 297 Å². The van der Waals surface area contributed by atoms with Gasteiger partial charge in [-0.3, -0.25) is 52.2 Å². The highest BCUT2D eigenvalue weighted by Crippen LogP contribution is 2.44. The van der Waals surface area contributed by atoms with Crippen LogP contribution in [0.3, 0.4) is 0 Å². The van der Waals surface area contributed by atoms with E-state index in [0.717, 1.165) is 49.7 Å². The van der Waals surface area contributed by atoms with Crippen LogP contribution in [0.5, 0.6) is 0 Å². The van der Waals surface area contributed by atoms with Gasteiger partial charge in [0.15, 0.2) is 43.2 Å². The number of carbonyl (C=O) groups is 7. The number of anilines is 2. The predicted octanol–water partition coefficient (Wildman–Crippen LogP) is 1.33. The van der Waals surface area contributed by atoms with Crippen molar-refractivity contribution in [2.75, 3.05) is 37.9 Å². The summed E-state index contributed by atoms with van der Waals surface area (Å²) >= 11 is 0. The van der Waals surface area contributed by atoms with E-state index >= 15 is 0 Å². The first-order valence-corrected chi connectivity index (χ1v) is 34.8. The van der Waals surface area contributed by atoms with Gasteiger partial charge in [-0.05, 0) is 82.8 Å². The van der Waals surface area contributed by atoms with Crippen molar-refractivity contribution in [1.29, 1.82) is 0 Å². The van der Waals surface area contributed by atoms with Crippen LogP contribution in [0, 0.1) is 0 Å². The Morgan fingerprint density at radius 1 is 0.432 bits per heavy atom. The lowest BCUT2D eigenvalue weighted by molar-refractivity contribution is -0.166. The summed E-state index contributed by atoms with van der Waals surface area (Å²) in [6, 6.07) is 35.9. The number of nitrogens with two attached hydrogens (primary N) is 2. The van der Waals surface area contributed by atoms with Crippen molar-refractivity contribution in [1.82, 2.24) is 38.2 Å². The van der Waals surface area contributed by atoms with E-state index in [1.54, 1.807) is 72.8 Å². The van der Waals surface area contributed by atoms with Gasteiger partial charge in [-0.15, -0.1) is 24.8 Å². The molecule has 4 unspecified atom stereocenters. The second kappa shape index (κ2) is 45.4. The summed E-state index contributed by atoms with van der Waals surface area (Å²) in [6.45, 7) is 0.0950. The molecule has 8 aromatic rings. The summed E-state index contributed by atoms with van der Waals surface area (Å²) in [5.74, 6) is -5.45. The Balaban J connectivity index is 0.000000296. The van der Waals surface area contributed by atoms with Crippen LogP contribution in [0.15, 0.2) is 220 Å². The number of ether oxygens (including phenoxy) is 10. The highest BCUT2D eigenvalue weighted by atomic mass is 35.5. The molecule has 0 radical (unpaired) electrons. The van der Waals surface area contributed by atoms with E-state index < -0.39 is 199 Å². The fraction of sp³-hybridized carbons (Fsp3) is 0.338. The number of hydrogen-bond acceptors (Lipinski definition) is 38. The van der Waals surface area contributed by atoms with Gasteiger partial charge in [0.1, 0.15) is 55.4 Å². The van der Waals surface area contributed by atoms with Crippen LogP contribution in [-0.2, 0) is 61.8 Å². The summed E-state index contributed by atoms with van der Waals surface area (Å²) in [4.78, 5) is 176. The third-order valence-corrected chi connectivity index (χ3v) is 17.3. The number of nitrogens with one attached hydrogen (secondary N) is 2. The minimum absolute atomic E-state index is 0. The van der Waals surface area contributed by atoms with E-state index in [4.69, 9.17) is 65.2 Å². The fourth-order valence-electron chi connectivity index (χ4n) is 11.6. The van der Waals surface area contributed by atoms with E-state index in [0.29, 0.717) is 0 Å². The van der Waals surface area contributed by atoms with Gasteiger partial charge in [-0.2, -0.15) is 9.97 Å². The Labute approximate surface area is 710 Å². The molecule has 52 nitrogen and oxygen atoms in total. The molecule has 4 aliphatic rings. The lowest BCUT2D eigenvalue weighted by Gasteiger charge is -2.29. The first kappa shape index (κ1) is 101. The van der Waals surface area contributed by atoms with Crippen LogP contribution in [0.4, 0.5) is 11.6 Å². The van der Waals surface area contributed by atoms with E-state index in [9.17, 15) is 109 Å². The van der Waals surface area contributed by atoms with E-state index in [-0.39, 0.29) is 66.1 Å². The van der Waals surface area contributed by atoms with Gasteiger partial charge >= 0.3 is 64.5 Å². The van der Waals surface area contributed by atoms with Crippen molar-refractivity contribution in [2.45, 2.75) is 125 Å². The van der Waals surface area contributed by atoms with Gasteiger partial charge < -0.3 is 94.6 Å². The zero-order valence-corrected chi connectivity index (χ0v) is 65.6. The second-order valence-electron chi connectivity index (χ2n) is 25.4. The zero-order valence-electron chi connectivity index (χ0n) is 64.0. The monoisotopic (exact) mass is 1790 g/mol. The number of esters is 7. The van der Waals surface area contributed by atoms with Crippen LogP contribution < -0.4 is 45.3 Å². The maximum absolute atomic E-state index is 13.0. The minimum atomic E-state index is -2.28. The Morgan fingerprint density at radius 3 is 1.07 bits per heavy atom. The number of nitrogens with zero attached hydrogens (tertiary/aromatic N) is 18. The number of aliphatic hydroxyl groups excluding tert-OH is 7. The van der Waals surface area contributed by atoms with Gasteiger partial charge in [-0.25, -0.2) is 38.4 Å². The van der Waals surface area contributed by atoms with Crippen molar-refractivity contribution in [3.63, 3.8) is 0 Å². The number of rotatable bonds is 21. The molecule has 0 spiro atoms. The molecule has 125 heavy (non-hydrogen) atoms. The lowest BCUT2D eigenvalue weighted by atomic mass is 10.0. The van der Waals surface area contributed by atoms with Gasteiger partial charge in [0, 0.05) is 77.3 Å². The molecule has 4 aliphatic heterocycles. The topological polar surface area (TPSA) is 780 Å². The Hall–Kier alpha value is -14.5. The summed E-state index contributed by atoms with van der Waals surface area (Å²) < 4.78 is 56.6. The SMILES string of the molecule is C.CC(=O)OC(C)=O.CC(=O)O[C@H]1[C@@H](OC(=O)c2ccccc2)C(n2ccc(=O)[nH]c2=O)O[C@@]1(COC(=O)c1ccccc1)N=[N+]=[N-].Cl.Cl.[N-]=[N+]=N[C@]1(CO)OC(n2ccc(N)nc2=O)[C@H](O)[C@@H]1O.[N-]=[N+]=N[C@]1(CO)OC(n2ccc(N)nc2=O)[C@H](O)[C@@H]1O.[N-]=[N+]=N[C@]1(COC(=O)c2ccccc2)OC(n2ccc(=O)[nH]c2=O)[C@H](OC(=O)c2ccccc2)[C@@H]1O. The van der Waals surface area contributed by atoms with Gasteiger partial charge in [0.25, 0.3) is 11.1 Å². The average Bonchev–Trinajstić information content (AvgIpc) is 1.60. The first-order valence-electron chi connectivity index (χ1n) is 34.8. The third-order valence-electron chi connectivity index (χ3n) is 17.3. The minimum Gasteiger partial charge on any atom is -0.459 e. The van der Waals surface area contributed by atoms with Crippen LogP contribution in [0.2, 0.25) is 0 Å². The molecule has 0 saturated carbocycles. The molecule has 4 saturated heterocycles. The molecule has 664 valence electrons. The number of H-pyrrole nitrogens is 2. The van der Waals surface area contributed by atoms with Crippen LogP contribution in [-0.4, -0.2) is 214 Å². The number of aromatic amines is 2. The quantitative estimate of drug-likeness (QED) is 0.0121. The Kier molecular flexibility index (Phi) is 36.7. The first-order chi connectivity index (χ1) is 58.1. The number of aliphatic hydroxyl groups is 7. The maximum Gasteiger partial charge on any atom is 0.351 e. The highest BCUT2D eigenvalue weighted by molar-refractivity contribution is 5.91. The molecule has 16 atom stereocenters. The summed E-state index contributed by atoms with van der Waals surface area (Å²) in [6.07, 6.45) is -14.8. The lowest BCUT2D eigenvalue weighted by Crippen LogP contribution is -2.49. The van der Waals surface area contributed by atoms with Crippen LogP contribution >= 0.6 is 24.8 Å². The number of nitrogen functional groups attached to an aromatic ring is 2. The maximum atomic E-state index is 13.0. The van der Waals surface area contributed by atoms with Crippen molar-refractivity contribution in [3.8, 4) is 0 Å². The second-order valence-corrected chi connectivity index (χ2v) is 25.4. The highest BCUT2D eigenvalue weighted by Gasteiger charge is 2.63. The molecular weight excluding hydrogens is 1710 g/mol. The largest absolute Gasteiger partial charge is 0.459 e. The van der Waals surface area contributed by atoms with Gasteiger partial charge in [0.05, 0.1) is 35.5 Å².